The predicted molar refractivity (Wildman–Crippen MR) is 101 cm³/mol. The number of aromatic amines is 1. The highest BCUT2D eigenvalue weighted by Crippen LogP contribution is 2.22. The number of rotatable bonds is 4. The summed E-state index contributed by atoms with van der Waals surface area (Å²) in [5, 5.41) is 3.77. The Labute approximate surface area is 157 Å². The maximum Gasteiger partial charge on any atom is 0.325 e. The molecule has 4 amide bonds. The lowest BCUT2D eigenvalue weighted by Gasteiger charge is -2.34. The number of carbonyl (C=O) groups is 3. The van der Waals surface area contributed by atoms with E-state index in [4.69, 9.17) is 0 Å². The number of fused-ring (bicyclic) bond motifs is 1. The number of piperidine rings is 1. The summed E-state index contributed by atoms with van der Waals surface area (Å²) in [6.07, 6.45) is 5.32. The van der Waals surface area contributed by atoms with E-state index in [1.165, 1.54) is 0 Å². The van der Waals surface area contributed by atoms with E-state index in [0.717, 1.165) is 40.6 Å². The molecule has 1 aromatic carbocycles. The van der Waals surface area contributed by atoms with Crippen LogP contribution < -0.4 is 5.32 Å². The Morgan fingerprint density at radius 1 is 1.22 bits per heavy atom. The average molecular weight is 368 g/mol. The number of amides is 4. The Kier molecular flexibility index (Phi) is 4.59. The summed E-state index contributed by atoms with van der Waals surface area (Å²) in [6.45, 7) is 2.53. The quantitative estimate of drug-likeness (QED) is 0.810. The van der Waals surface area contributed by atoms with E-state index in [2.05, 4.69) is 10.3 Å². The summed E-state index contributed by atoms with van der Waals surface area (Å²) in [5.41, 5.74) is 1.97. The molecular formula is C20H24N4O3. The van der Waals surface area contributed by atoms with Crippen molar-refractivity contribution in [1.29, 1.82) is 0 Å². The SMILES string of the molecule is C[C@@H]1CCCCN1C(=O)CN1C(=O)N[C@@H](Cc2c[nH]c3ccccc23)C1=O. The van der Waals surface area contributed by atoms with Crippen LogP contribution in [-0.2, 0) is 16.0 Å². The van der Waals surface area contributed by atoms with Crippen LogP contribution in [0.15, 0.2) is 30.5 Å². The van der Waals surface area contributed by atoms with E-state index >= 15 is 0 Å². The van der Waals surface area contributed by atoms with Crippen molar-refractivity contribution < 1.29 is 14.4 Å². The van der Waals surface area contributed by atoms with Crippen molar-refractivity contribution in [3.63, 3.8) is 0 Å². The summed E-state index contributed by atoms with van der Waals surface area (Å²) < 4.78 is 0. The molecule has 7 heteroatoms. The molecule has 0 unspecified atom stereocenters. The number of hydrogen-bond acceptors (Lipinski definition) is 3. The van der Waals surface area contributed by atoms with Gasteiger partial charge in [-0.15, -0.1) is 0 Å². The van der Waals surface area contributed by atoms with Gasteiger partial charge in [-0.05, 0) is 37.8 Å². The van der Waals surface area contributed by atoms with Crippen molar-refractivity contribution in [2.45, 2.75) is 44.7 Å². The number of hydrogen-bond donors (Lipinski definition) is 2. The normalized spacial score (nSPS) is 23.1. The van der Waals surface area contributed by atoms with Gasteiger partial charge in [0, 0.05) is 36.1 Å². The number of nitrogens with zero attached hydrogens (tertiary/aromatic N) is 2. The molecule has 2 aromatic rings. The van der Waals surface area contributed by atoms with Crippen LogP contribution in [0.25, 0.3) is 10.9 Å². The molecule has 2 atom stereocenters. The zero-order valence-corrected chi connectivity index (χ0v) is 15.4. The van der Waals surface area contributed by atoms with Gasteiger partial charge in [-0.1, -0.05) is 18.2 Å². The van der Waals surface area contributed by atoms with Crippen molar-refractivity contribution in [3.8, 4) is 0 Å². The Morgan fingerprint density at radius 2 is 2.04 bits per heavy atom. The van der Waals surface area contributed by atoms with Gasteiger partial charge in [0.05, 0.1) is 0 Å². The molecule has 7 nitrogen and oxygen atoms in total. The second-order valence-electron chi connectivity index (χ2n) is 7.42. The van der Waals surface area contributed by atoms with Gasteiger partial charge >= 0.3 is 6.03 Å². The molecule has 1 aromatic heterocycles. The van der Waals surface area contributed by atoms with Crippen LogP contribution in [-0.4, -0.2) is 57.8 Å². The molecule has 3 heterocycles. The first kappa shape index (κ1) is 17.6. The maximum absolute atomic E-state index is 12.7. The number of aromatic nitrogens is 1. The highest BCUT2D eigenvalue weighted by molar-refractivity contribution is 6.06. The van der Waals surface area contributed by atoms with E-state index in [-0.39, 0.29) is 24.4 Å². The number of nitrogens with one attached hydrogen (secondary N) is 2. The van der Waals surface area contributed by atoms with Gasteiger partial charge in [-0.2, -0.15) is 0 Å². The Morgan fingerprint density at radius 3 is 2.85 bits per heavy atom. The fraction of sp³-hybridized carbons (Fsp3) is 0.450. The minimum atomic E-state index is -0.636. The van der Waals surface area contributed by atoms with Crippen LogP contribution in [0.1, 0.15) is 31.7 Å². The number of para-hydroxylation sites is 1. The van der Waals surface area contributed by atoms with Crippen LogP contribution in [0.4, 0.5) is 4.79 Å². The lowest BCUT2D eigenvalue weighted by Crippen LogP contribution is -2.48. The minimum absolute atomic E-state index is 0.154. The Hall–Kier alpha value is -2.83. The molecule has 0 radical (unpaired) electrons. The Balaban J connectivity index is 1.45. The van der Waals surface area contributed by atoms with Crippen LogP contribution in [0, 0.1) is 0 Å². The summed E-state index contributed by atoms with van der Waals surface area (Å²) >= 11 is 0. The number of likely N-dealkylation sites (tertiary alicyclic amines) is 1. The van der Waals surface area contributed by atoms with Gasteiger partial charge in [0.2, 0.25) is 5.91 Å². The number of carbonyl (C=O) groups excluding carboxylic acids is 3. The molecule has 142 valence electrons. The van der Waals surface area contributed by atoms with Crippen molar-refractivity contribution in [2.24, 2.45) is 0 Å². The molecule has 27 heavy (non-hydrogen) atoms. The van der Waals surface area contributed by atoms with Crippen molar-refractivity contribution in [2.75, 3.05) is 13.1 Å². The third kappa shape index (κ3) is 3.29. The van der Waals surface area contributed by atoms with E-state index in [1.54, 1.807) is 4.90 Å². The van der Waals surface area contributed by atoms with Gasteiger partial charge < -0.3 is 15.2 Å². The summed E-state index contributed by atoms with van der Waals surface area (Å²) in [5.74, 6) is -0.485. The largest absolute Gasteiger partial charge is 0.361 e. The van der Waals surface area contributed by atoms with E-state index in [9.17, 15) is 14.4 Å². The number of urea groups is 1. The fourth-order valence-corrected chi connectivity index (χ4v) is 4.08. The van der Waals surface area contributed by atoms with Crippen LogP contribution in [0.2, 0.25) is 0 Å². The number of benzene rings is 1. The molecule has 2 aliphatic rings. The van der Waals surface area contributed by atoms with E-state index < -0.39 is 12.1 Å². The van der Waals surface area contributed by atoms with Crippen molar-refractivity contribution >= 4 is 28.7 Å². The molecule has 4 rings (SSSR count). The summed E-state index contributed by atoms with van der Waals surface area (Å²) in [6, 6.07) is 6.89. The van der Waals surface area contributed by atoms with Gasteiger partial charge in [-0.25, -0.2) is 4.79 Å². The molecule has 2 saturated heterocycles. The molecule has 2 N–H and O–H groups in total. The fourth-order valence-electron chi connectivity index (χ4n) is 4.08. The van der Waals surface area contributed by atoms with Crippen LogP contribution in [0.3, 0.4) is 0 Å². The first-order valence-electron chi connectivity index (χ1n) is 9.51. The number of H-pyrrole nitrogens is 1. The topological polar surface area (TPSA) is 85.5 Å². The standard InChI is InChI=1S/C20H24N4O3/c1-13-6-4-5-9-23(13)18(25)12-24-19(26)17(22-20(24)27)10-14-11-21-16-8-3-2-7-15(14)16/h2-3,7-8,11,13,17,21H,4-6,9-10,12H2,1H3,(H,22,27)/t13-,17+/m1/s1. The average Bonchev–Trinajstić information content (AvgIpc) is 3.19. The van der Waals surface area contributed by atoms with E-state index in [0.29, 0.717) is 13.0 Å². The first-order chi connectivity index (χ1) is 13.0. The lowest BCUT2D eigenvalue weighted by atomic mass is 10.0. The summed E-state index contributed by atoms with van der Waals surface area (Å²) in [7, 11) is 0. The predicted octanol–water partition coefficient (Wildman–Crippen LogP) is 2.03. The number of imide groups is 1. The molecule has 0 aliphatic carbocycles. The van der Waals surface area contributed by atoms with E-state index in [1.807, 2.05) is 37.4 Å². The van der Waals surface area contributed by atoms with Gasteiger partial charge in [0.1, 0.15) is 12.6 Å². The molecule has 0 spiro atoms. The highest BCUT2D eigenvalue weighted by Gasteiger charge is 2.40. The van der Waals surface area contributed by atoms with Gasteiger partial charge in [0.25, 0.3) is 5.91 Å². The molecule has 2 aliphatic heterocycles. The second-order valence-corrected chi connectivity index (χ2v) is 7.42. The van der Waals surface area contributed by atoms with Gasteiger partial charge in [-0.3, -0.25) is 14.5 Å². The lowest BCUT2D eigenvalue weighted by molar-refractivity contribution is -0.139. The maximum atomic E-state index is 12.7. The zero-order chi connectivity index (χ0) is 19.0. The minimum Gasteiger partial charge on any atom is -0.361 e. The molecule has 2 fully saturated rings. The first-order valence-corrected chi connectivity index (χ1v) is 9.51. The van der Waals surface area contributed by atoms with Crippen molar-refractivity contribution in [1.82, 2.24) is 20.1 Å². The Bertz CT molecular complexity index is 890. The smallest absolute Gasteiger partial charge is 0.325 e. The third-order valence-corrected chi connectivity index (χ3v) is 5.62. The summed E-state index contributed by atoms with van der Waals surface area (Å²) in [4.78, 5) is 43.7. The zero-order valence-electron chi connectivity index (χ0n) is 15.4. The van der Waals surface area contributed by atoms with Crippen LogP contribution in [0.5, 0.6) is 0 Å². The third-order valence-electron chi connectivity index (χ3n) is 5.62. The highest BCUT2D eigenvalue weighted by atomic mass is 16.2. The van der Waals surface area contributed by atoms with Crippen LogP contribution >= 0.6 is 0 Å². The molecule has 0 bridgehead atoms. The molecule has 0 saturated carbocycles. The van der Waals surface area contributed by atoms with Gasteiger partial charge in [0.15, 0.2) is 0 Å². The monoisotopic (exact) mass is 368 g/mol. The van der Waals surface area contributed by atoms with Crippen molar-refractivity contribution in [3.05, 3.63) is 36.0 Å². The second kappa shape index (κ2) is 7.06. The molecular weight excluding hydrogens is 344 g/mol.